The topological polar surface area (TPSA) is 21.3 Å². The van der Waals surface area contributed by atoms with Gasteiger partial charge in [-0.15, -0.1) is 6.58 Å². The normalized spacial score (nSPS) is 14.9. The molecular weight excluding hydrogens is 210 g/mol. The number of rotatable bonds is 11. The van der Waals surface area contributed by atoms with E-state index in [9.17, 15) is 0 Å². The van der Waals surface area contributed by atoms with Crippen molar-refractivity contribution in [2.45, 2.75) is 65.0 Å². The summed E-state index contributed by atoms with van der Waals surface area (Å²) in [6, 6.07) is 0.485. The lowest BCUT2D eigenvalue weighted by Gasteiger charge is -2.30. The van der Waals surface area contributed by atoms with Crippen LogP contribution in [0.4, 0.5) is 0 Å². The number of allylic oxidation sites excluding steroid dienone is 1. The minimum Gasteiger partial charge on any atom is -0.377 e. The van der Waals surface area contributed by atoms with Crippen molar-refractivity contribution in [1.29, 1.82) is 0 Å². The van der Waals surface area contributed by atoms with E-state index in [0.717, 1.165) is 13.0 Å². The predicted molar refractivity (Wildman–Crippen MR) is 76.4 cm³/mol. The second kappa shape index (κ2) is 10.8. The first kappa shape index (κ1) is 16.7. The summed E-state index contributed by atoms with van der Waals surface area (Å²) in [6.07, 6.45) is 8.52. The molecule has 0 aliphatic carbocycles. The third-order valence-electron chi connectivity index (χ3n) is 3.21. The molecule has 0 saturated carbocycles. The van der Waals surface area contributed by atoms with Crippen molar-refractivity contribution in [1.82, 2.24) is 5.32 Å². The molecule has 0 bridgehead atoms. The van der Waals surface area contributed by atoms with Gasteiger partial charge in [-0.25, -0.2) is 0 Å². The van der Waals surface area contributed by atoms with Crippen molar-refractivity contribution in [3.63, 3.8) is 0 Å². The summed E-state index contributed by atoms with van der Waals surface area (Å²) in [5, 5.41) is 3.41. The molecule has 0 aliphatic heterocycles. The van der Waals surface area contributed by atoms with Crippen LogP contribution in [0.5, 0.6) is 0 Å². The average Bonchev–Trinajstić information content (AvgIpc) is 2.31. The fraction of sp³-hybridized carbons (Fsp3) is 0.867. The van der Waals surface area contributed by atoms with Crippen LogP contribution in [0.15, 0.2) is 12.7 Å². The van der Waals surface area contributed by atoms with Crippen molar-refractivity contribution >= 4 is 0 Å². The molecule has 0 aromatic heterocycles. The van der Waals surface area contributed by atoms with Gasteiger partial charge < -0.3 is 10.1 Å². The van der Waals surface area contributed by atoms with E-state index in [1.807, 2.05) is 13.1 Å². The lowest BCUT2D eigenvalue weighted by molar-refractivity contribution is 0.00272. The minimum absolute atomic E-state index is 0.337. The summed E-state index contributed by atoms with van der Waals surface area (Å²) in [5.74, 6) is 0.570. The maximum absolute atomic E-state index is 5.86. The maximum Gasteiger partial charge on any atom is 0.0750 e. The van der Waals surface area contributed by atoms with E-state index < -0.39 is 0 Å². The smallest absolute Gasteiger partial charge is 0.0750 e. The summed E-state index contributed by atoms with van der Waals surface area (Å²) in [5.41, 5.74) is 0. The Balaban J connectivity index is 3.96. The molecule has 102 valence electrons. The second-order valence-corrected chi connectivity index (χ2v) is 4.99. The summed E-state index contributed by atoms with van der Waals surface area (Å²) in [4.78, 5) is 0. The number of unbranched alkanes of at least 4 members (excludes halogenated alkanes) is 3. The van der Waals surface area contributed by atoms with Crippen LogP contribution < -0.4 is 5.32 Å². The second-order valence-electron chi connectivity index (χ2n) is 4.99. The van der Waals surface area contributed by atoms with Crippen molar-refractivity contribution in [3.05, 3.63) is 12.7 Å². The molecule has 0 rings (SSSR count). The van der Waals surface area contributed by atoms with Crippen molar-refractivity contribution < 1.29 is 4.74 Å². The van der Waals surface area contributed by atoms with E-state index in [-0.39, 0.29) is 0 Å². The Hall–Kier alpha value is -0.340. The van der Waals surface area contributed by atoms with Gasteiger partial charge in [-0.1, -0.05) is 32.8 Å². The monoisotopic (exact) mass is 241 g/mol. The van der Waals surface area contributed by atoms with Crippen LogP contribution in [-0.4, -0.2) is 25.8 Å². The summed E-state index contributed by atoms with van der Waals surface area (Å²) < 4.78 is 5.86. The SMILES string of the molecule is C=CCCCCCC(NC)C(OCC)C(C)C. The molecule has 2 nitrogen and oxygen atoms in total. The van der Waals surface area contributed by atoms with Crippen molar-refractivity contribution in [3.8, 4) is 0 Å². The van der Waals surface area contributed by atoms with E-state index in [1.165, 1.54) is 25.7 Å². The Morgan fingerprint density at radius 2 is 1.94 bits per heavy atom. The Kier molecular flexibility index (Phi) is 10.6. The quantitative estimate of drug-likeness (QED) is 0.439. The van der Waals surface area contributed by atoms with E-state index in [4.69, 9.17) is 4.74 Å². The molecule has 2 unspecified atom stereocenters. The minimum atomic E-state index is 0.337. The number of hydrogen-bond acceptors (Lipinski definition) is 2. The summed E-state index contributed by atoms with van der Waals surface area (Å²) in [6.45, 7) is 11.1. The van der Waals surface area contributed by atoms with E-state index >= 15 is 0 Å². The fourth-order valence-corrected chi connectivity index (χ4v) is 2.27. The van der Waals surface area contributed by atoms with Crippen LogP contribution in [0, 0.1) is 5.92 Å². The highest BCUT2D eigenvalue weighted by molar-refractivity contribution is 4.78. The Morgan fingerprint density at radius 1 is 1.24 bits per heavy atom. The third kappa shape index (κ3) is 7.56. The maximum atomic E-state index is 5.86. The fourth-order valence-electron chi connectivity index (χ4n) is 2.27. The van der Waals surface area contributed by atoms with Crippen LogP contribution in [-0.2, 0) is 4.74 Å². The zero-order valence-electron chi connectivity index (χ0n) is 12.2. The van der Waals surface area contributed by atoms with Gasteiger partial charge in [0, 0.05) is 12.6 Å². The summed E-state index contributed by atoms with van der Waals surface area (Å²) >= 11 is 0. The first-order chi connectivity index (χ1) is 8.17. The van der Waals surface area contributed by atoms with E-state index in [2.05, 4.69) is 32.7 Å². The lowest BCUT2D eigenvalue weighted by Crippen LogP contribution is -2.42. The molecule has 1 N–H and O–H groups in total. The number of ether oxygens (including phenoxy) is 1. The van der Waals surface area contributed by atoms with Gasteiger partial charge in [-0.05, 0) is 39.2 Å². The lowest BCUT2D eigenvalue weighted by atomic mass is 9.95. The average molecular weight is 241 g/mol. The first-order valence-corrected chi connectivity index (χ1v) is 7.07. The van der Waals surface area contributed by atoms with E-state index in [1.54, 1.807) is 0 Å². The molecule has 0 saturated heterocycles. The molecule has 0 aromatic rings. The molecule has 0 radical (unpaired) electrons. The first-order valence-electron chi connectivity index (χ1n) is 7.07. The zero-order chi connectivity index (χ0) is 13.1. The zero-order valence-corrected chi connectivity index (χ0v) is 12.2. The van der Waals surface area contributed by atoms with Gasteiger partial charge >= 0.3 is 0 Å². The van der Waals surface area contributed by atoms with Crippen LogP contribution in [0.1, 0.15) is 52.9 Å². The van der Waals surface area contributed by atoms with Gasteiger partial charge in [-0.2, -0.15) is 0 Å². The third-order valence-corrected chi connectivity index (χ3v) is 3.21. The molecule has 0 aromatic carbocycles. The van der Waals surface area contributed by atoms with Crippen molar-refractivity contribution in [2.75, 3.05) is 13.7 Å². The van der Waals surface area contributed by atoms with Gasteiger partial charge in [0.05, 0.1) is 6.10 Å². The largest absolute Gasteiger partial charge is 0.377 e. The van der Waals surface area contributed by atoms with E-state index in [0.29, 0.717) is 18.1 Å². The highest BCUT2D eigenvalue weighted by atomic mass is 16.5. The molecular formula is C15H31NO. The molecule has 0 aliphatic rings. The predicted octanol–water partition coefficient (Wildman–Crippen LogP) is 3.77. The Labute approximate surface area is 108 Å². The molecule has 0 spiro atoms. The van der Waals surface area contributed by atoms with Gasteiger partial charge in [0.2, 0.25) is 0 Å². The molecule has 0 heterocycles. The molecule has 0 amide bonds. The van der Waals surface area contributed by atoms with Gasteiger partial charge in [-0.3, -0.25) is 0 Å². The highest BCUT2D eigenvalue weighted by Gasteiger charge is 2.22. The number of nitrogens with one attached hydrogen (secondary N) is 1. The summed E-state index contributed by atoms with van der Waals surface area (Å²) in [7, 11) is 2.04. The highest BCUT2D eigenvalue weighted by Crippen LogP contribution is 2.16. The van der Waals surface area contributed by atoms with Gasteiger partial charge in [0.15, 0.2) is 0 Å². The van der Waals surface area contributed by atoms with Crippen LogP contribution in [0.25, 0.3) is 0 Å². The molecule has 2 heteroatoms. The molecule has 0 fully saturated rings. The van der Waals surface area contributed by atoms with Crippen LogP contribution in [0.3, 0.4) is 0 Å². The number of likely N-dealkylation sites (N-methyl/N-ethyl adjacent to an activating group) is 1. The van der Waals surface area contributed by atoms with Gasteiger partial charge in [0.25, 0.3) is 0 Å². The standard InChI is InChI=1S/C15H31NO/c1-6-8-9-10-11-12-14(16-5)15(13(3)4)17-7-2/h6,13-16H,1,7-12H2,2-5H3. The van der Waals surface area contributed by atoms with Crippen LogP contribution >= 0.6 is 0 Å². The van der Waals surface area contributed by atoms with Crippen LogP contribution in [0.2, 0.25) is 0 Å². The molecule has 2 atom stereocenters. The molecule has 17 heavy (non-hydrogen) atoms. The Bertz CT molecular complexity index is 180. The van der Waals surface area contributed by atoms with Crippen molar-refractivity contribution in [2.24, 2.45) is 5.92 Å². The van der Waals surface area contributed by atoms with Gasteiger partial charge in [0.1, 0.15) is 0 Å². The Morgan fingerprint density at radius 3 is 2.41 bits per heavy atom. The number of hydrogen-bond donors (Lipinski definition) is 1.